The van der Waals surface area contributed by atoms with Gasteiger partial charge in [0.25, 0.3) is 0 Å². The number of hydrogen-bond acceptors (Lipinski definition) is 3. The van der Waals surface area contributed by atoms with E-state index in [-0.39, 0.29) is 0 Å². The summed E-state index contributed by atoms with van der Waals surface area (Å²) in [4.78, 5) is 5.40. The molecule has 0 aliphatic rings. The van der Waals surface area contributed by atoms with Gasteiger partial charge in [-0.2, -0.15) is 4.39 Å². The molecule has 84 valence electrons. The summed E-state index contributed by atoms with van der Waals surface area (Å²) in [7, 11) is 0. The van der Waals surface area contributed by atoms with Crippen LogP contribution in [0.15, 0.2) is 18.3 Å². The van der Waals surface area contributed by atoms with Crippen LogP contribution < -0.4 is 4.90 Å². The Balaban J connectivity index is 2.83. The number of hydrogen-bond donors (Lipinski definition) is 1. The molecule has 1 heterocycles. The molecule has 0 saturated carbocycles. The van der Waals surface area contributed by atoms with Crippen molar-refractivity contribution in [2.75, 3.05) is 18.0 Å². The number of pyridine rings is 1. The predicted molar refractivity (Wildman–Crippen MR) is 58.4 cm³/mol. The minimum Gasteiger partial charge on any atom is -0.389 e. The van der Waals surface area contributed by atoms with E-state index in [0.717, 1.165) is 5.69 Å². The topological polar surface area (TPSA) is 36.4 Å². The van der Waals surface area contributed by atoms with E-state index in [1.807, 2.05) is 11.8 Å². The molecule has 0 radical (unpaired) electrons. The van der Waals surface area contributed by atoms with Crippen molar-refractivity contribution in [3.05, 3.63) is 24.3 Å². The number of likely N-dealkylation sites (N-methyl/N-ethyl adjacent to an activating group) is 1. The normalized spacial score (nSPS) is 11.5. The first kappa shape index (κ1) is 11.9. The highest BCUT2D eigenvalue weighted by atomic mass is 19.1. The third kappa shape index (κ3) is 3.83. The molecule has 0 aromatic carbocycles. The van der Waals surface area contributed by atoms with E-state index in [1.165, 1.54) is 12.3 Å². The summed E-state index contributed by atoms with van der Waals surface area (Å²) in [6, 6.07) is 3.10. The Morgan fingerprint density at radius 1 is 1.53 bits per heavy atom. The highest BCUT2D eigenvalue weighted by Crippen LogP contribution is 2.16. The molecular weight excluding hydrogens is 195 g/mol. The van der Waals surface area contributed by atoms with Crippen LogP contribution in [0.3, 0.4) is 0 Å². The molecule has 1 aromatic heterocycles. The molecule has 15 heavy (non-hydrogen) atoms. The molecule has 0 spiro atoms. The lowest BCUT2D eigenvalue weighted by Gasteiger charge is -2.29. The zero-order chi connectivity index (χ0) is 11.5. The van der Waals surface area contributed by atoms with E-state index in [1.54, 1.807) is 19.9 Å². The first-order chi connectivity index (χ1) is 6.92. The minimum atomic E-state index is -0.796. The first-order valence-corrected chi connectivity index (χ1v) is 5.01. The molecular formula is C11H17FN2O. The second kappa shape index (κ2) is 4.57. The zero-order valence-electron chi connectivity index (χ0n) is 9.37. The van der Waals surface area contributed by atoms with Gasteiger partial charge in [-0.1, -0.05) is 0 Å². The maximum absolute atomic E-state index is 12.9. The Kier molecular flexibility index (Phi) is 3.63. The maximum atomic E-state index is 12.9. The molecule has 0 aliphatic carbocycles. The molecule has 0 atom stereocenters. The van der Waals surface area contributed by atoms with Crippen LogP contribution in [0.2, 0.25) is 0 Å². The van der Waals surface area contributed by atoms with E-state index in [0.29, 0.717) is 13.1 Å². The second-order valence-electron chi connectivity index (χ2n) is 4.16. The quantitative estimate of drug-likeness (QED) is 0.773. The second-order valence-corrected chi connectivity index (χ2v) is 4.16. The summed E-state index contributed by atoms with van der Waals surface area (Å²) in [6.45, 7) is 6.60. The van der Waals surface area contributed by atoms with Crippen LogP contribution >= 0.6 is 0 Å². The van der Waals surface area contributed by atoms with Crippen molar-refractivity contribution < 1.29 is 9.50 Å². The fraction of sp³-hybridized carbons (Fsp3) is 0.545. The van der Waals surface area contributed by atoms with E-state index in [4.69, 9.17) is 0 Å². The molecule has 0 aliphatic heterocycles. The minimum absolute atomic E-state index is 0.465. The summed E-state index contributed by atoms with van der Waals surface area (Å²) >= 11 is 0. The van der Waals surface area contributed by atoms with Gasteiger partial charge < -0.3 is 10.0 Å². The number of halogens is 1. The summed E-state index contributed by atoms with van der Waals surface area (Å²) in [5, 5.41) is 9.70. The fourth-order valence-corrected chi connectivity index (χ4v) is 1.44. The number of nitrogens with zero attached hydrogens (tertiary/aromatic N) is 2. The monoisotopic (exact) mass is 212 g/mol. The molecule has 0 saturated heterocycles. The highest BCUT2D eigenvalue weighted by molar-refractivity contribution is 5.45. The Morgan fingerprint density at radius 3 is 2.67 bits per heavy atom. The van der Waals surface area contributed by atoms with E-state index in [9.17, 15) is 9.50 Å². The Bertz CT molecular complexity index is 323. The van der Waals surface area contributed by atoms with E-state index >= 15 is 0 Å². The van der Waals surface area contributed by atoms with Crippen molar-refractivity contribution in [2.24, 2.45) is 0 Å². The molecule has 3 nitrogen and oxygen atoms in total. The van der Waals surface area contributed by atoms with Gasteiger partial charge in [-0.05, 0) is 26.8 Å². The van der Waals surface area contributed by atoms with Crippen molar-refractivity contribution >= 4 is 5.69 Å². The number of rotatable bonds is 4. The van der Waals surface area contributed by atoms with Crippen molar-refractivity contribution in [1.29, 1.82) is 0 Å². The van der Waals surface area contributed by atoms with Crippen LogP contribution in [0.1, 0.15) is 20.8 Å². The van der Waals surface area contributed by atoms with Crippen LogP contribution in [-0.2, 0) is 0 Å². The van der Waals surface area contributed by atoms with Gasteiger partial charge in [0.15, 0.2) is 0 Å². The zero-order valence-corrected chi connectivity index (χ0v) is 9.37. The van der Waals surface area contributed by atoms with Gasteiger partial charge in [0, 0.05) is 31.0 Å². The smallest absolute Gasteiger partial charge is 0.214 e. The highest BCUT2D eigenvalue weighted by Gasteiger charge is 2.17. The molecule has 0 amide bonds. The molecule has 1 rings (SSSR count). The van der Waals surface area contributed by atoms with Crippen molar-refractivity contribution in [3.8, 4) is 0 Å². The van der Waals surface area contributed by atoms with Crippen LogP contribution in [-0.4, -0.2) is 28.8 Å². The fourth-order valence-electron chi connectivity index (χ4n) is 1.44. The maximum Gasteiger partial charge on any atom is 0.214 e. The third-order valence-electron chi connectivity index (χ3n) is 2.03. The average Bonchev–Trinajstić information content (AvgIpc) is 2.13. The molecule has 0 unspecified atom stereocenters. The van der Waals surface area contributed by atoms with Crippen LogP contribution in [0.4, 0.5) is 10.1 Å². The summed E-state index contributed by atoms with van der Waals surface area (Å²) in [5.74, 6) is -0.498. The number of aliphatic hydroxyl groups is 1. The van der Waals surface area contributed by atoms with Crippen LogP contribution in [0, 0.1) is 5.95 Å². The molecule has 4 heteroatoms. The Hall–Kier alpha value is -1.16. The Morgan fingerprint density at radius 2 is 2.20 bits per heavy atom. The summed E-state index contributed by atoms with van der Waals surface area (Å²) < 4.78 is 12.9. The van der Waals surface area contributed by atoms with Crippen molar-refractivity contribution in [3.63, 3.8) is 0 Å². The van der Waals surface area contributed by atoms with E-state index < -0.39 is 11.5 Å². The van der Waals surface area contributed by atoms with Gasteiger partial charge in [0.2, 0.25) is 5.95 Å². The van der Waals surface area contributed by atoms with Gasteiger partial charge in [0.05, 0.1) is 5.60 Å². The molecule has 1 N–H and O–H groups in total. The van der Waals surface area contributed by atoms with Crippen molar-refractivity contribution in [2.45, 2.75) is 26.4 Å². The standard InChI is InChI=1S/C11H17FN2O/c1-4-14(8-11(2,3)15)9-5-6-13-10(12)7-9/h5-7,15H,4,8H2,1-3H3. The third-order valence-corrected chi connectivity index (χ3v) is 2.03. The lowest BCUT2D eigenvalue weighted by Crippen LogP contribution is -2.38. The molecule has 0 bridgehead atoms. The summed E-state index contributed by atoms with van der Waals surface area (Å²) in [6.07, 6.45) is 1.43. The van der Waals surface area contributed by atoms with Gasteiger partial charge in [-0.3, -0.25) is 0 Å². The van der Waals surface area contributed by atoms with Gasteiger partial charge >= 0.3 is 0 Å². The Labute approximate surface area is 89.6 Å². The lowest BCUT2D eigenvalue weighted by atomic mass is 10.1. The predicted octanol–water partition coefficient (Wildman–Crippen LogP) is 1.82. The average molecular weight is 212 g/mol. The number of aromatic nitrogens is 1. The number of anilines is 1. The van der Waals surface area contributed by atoms with Crippen LogP contribution in [0.25, 0.3) is 0 Å². The largest absolute Gasteiger partial charge is 0.389 e. The van der Waals surface area contributed by atoms with Gasteiger partial charge in [-0.15, -0.1) is 0 Å². The summed E-state index contributed by atoms with van der Waals surface area (Å²) in [5.41, 5.74) is -0.0532. The molecule has 1 aromatic rings. The lowest BCUT2D eigenvalue weighted by molar-refractivity contribution is 0.0875. The van der Waals surface area contributed by atoms with E-state index in [2.05, 4.69) is 4.98 Å². The SMILES string of the molecule is CCN(CC(C)(C)O)c1ccnc(F)c1. The van der Waals surface area contributed by atoms with Gasteiger partial charge in [-0.25, -0.2) is 4.98 Å². The van der Waals surface area contributed by atoms with Crippen molar-refractivity contribution in [1.82, 2.24) is 4.98 Å². The first-order valence-electron chi connectivity index (χ1n) is 5.01. The van der Waals surface area contributed by atoms with Crippen LogP contribution in [0.5, 0.6) is 0 Å². The van der Waals surface area contributed by atoms with Gasteiger partial charge in [0.1, 0.15) is 0 Å². The molecule has 0 fully saturated rings.